The van der Waals surface area contributed by atoms with Crippen molar-refractivity contribution in [2.24, 2.45) is 5.92 Å². The fourth-order valence-electron chi connectivity index (χ4n) is 4.36. The Bertz CT molecular complexity index is 2220. The Hall–Kier alpha value is -6.57. The Morgan fingerprint density at radius 2 is 1.40 bits per heavy atom. The number of allylic oxidation sites excluding steroid dienone is 2. The van der Waals surface area contributed by atoms with Crippen LogP contribution in [0, 0.1) is 124 Å². The van der Waals surface area contributed by atoms with Crippen molar-refractivity contribution in [2.45, 2.75) is 57.4 Å². The summed E-state index contributed by atoms with van der Waals surface area (Å²) in [5.41, 5.74) is 0.796. The Morgan fingerprint density at radius 3 is 1.96 bits per heavy atom. The van der Waals surface area contributed by atoms with Crippen molar-refractivity contribution in [3.63, 3.8) is 0 Å². The van der Waals surface area contributed by atoms with Crippen molar-refractivity contribution in [3.05, 3.63) is 48.0 Å². The molecule has 274 valence electrons. The highest BCUT2D eigenvalue weighted by Crippen LogP contribution is 2.48. The Kier molecular flexibility index (Phi) is 22.7. The summed E-state index contributed by atoms with van der Waals surface area (Å²) in [5, 5.41) is 2.70. The largest absolute Gasteiger partial charge is 0.508 e. The van der Waals surface area contributed by atoms with Crippen molar-refractivity contribution < 1.29 is 42.3 Å². The summed E-state index contributed by atoms with van der Waals surface area (Å²) in [6, 6.07) is 8.75. The summed E-state index contributed by atoms with van der Waals surface area (Å²) >= 11 is 0. The van der Waals surface area contributed by atoms with Gasteiger partial charge in [-0.1, -0.05) is 48.4 Å². The van der Waals surface area contributed by atoms with E-state index >= 15 is 0 Å². The van der Waals surface area contributed by atoms with Gasteiger partial charge in [-0.15, -0.1) is 0 Å². The number of phosphoric acid groups is 1. The molecular formula is C43H35BNO9P. The highest BCUT2D eigenvalue weighted by Gasteiger charge is 2.46. The van der Waals surface area contributed by atoms with Crippen LogP contribution in [0.5, 0.6) is 0 Å². The van der Waals surface area contributed by atoms with E-state index in [4.69, 9.17) is 18.7 Å². The Balaban J connectivity index is 1.70. The van der Waals surface area contributed by atoms with Crippen molar-refractivity contribution in [1.82, 2.24) is 5.32 Å². The molecule has 1 amide bonds. The lowest BCUT2D eigenvalue weighted by Gasteiger charge is -2.24. The monoisotopic (exact) mass is 751 g/mol. The topological polar surface area (TPSA) is 130 Å². The normalized spacial score (nSPS) is 16.5. The van der Waals surface area contributed by atoms with E-state index in [2.05, 4.69) is 128 Å². The van der Waals surface area contributed by atoms with Crippen LogP contribution in [0.25, 0.3) is 0 Å². The molecule has 55 heavy (non-hydrogen) atoms. The van der Waals surface area contributed by atoms with E-state index in [1.54, 1.807) is 6.92 Å². The summed E-state index contributed by atoms with van der Waals surface area (Å²) in [4.78, 5) is 34.1. The van der Waals surface area contributed by atoms with Gasteiger partial charge in [-0.2, -0.15) is 0 Å². The van der Waals surface area contributed by atoms with E-state index in [9.17, 15) is 19.0 Å². The van der Waals surface area contributed by atoms with E-state index in [1.807, 2.05) is 50.3 Å². The van der Waals surface area contributed by atoms with Gasteiger partial charge < -0.3 is 24.4 Å². The molecule has 1 aliphatic rings. The lowest BCUT2D eigenvalue weighted by molar-refractivity contribution is -0.115. The van der Waals surface area contributed by atoms with Crippen LogP contribution in [-0.4, -0.2) is 63.3 Å². The fraction of sp³-hybridized carbons (Fsp3) is 0.302. The van der Waals surface area contributed by atoms with Crippen molar-refractivity contribution >= 4 is 27.7 Å². The van der Waals surface area contributed by atoms with E-state index in [-0.39, 0.29) is 25.1 Å². The molecular weight excluding hydrogens is 716 g/mol. The maximum absolute atomic E-state index is 12.3. The first-order chi connectivity index (χ1) is 26.8. The number of ether oxygens (including phenoxy) is 3. The smallest absolute Gasteiger partial charge is 0.431 e. The van der Waals surface area contributed by atoms with Crippen LogP contribution >= 0.6 is 7.82 Å². The minimum Gasteiger partial charge on any atom is -0.431 e. The summed E-state index contributed by atoms with van der Waals surface area (Å²) in [7, 11) is -1.49. The summed E-state index contributed by atoms with van der Waals surface area (Å²) < 4.78 is 38.7. The predicted molar refractivity (Wildman–Crippen MR) is 209 cm³/mol. The number of nitrogens with one attached hydrogen (secondary N) is 1. The molecule has 2 rings (SSSR count). The van der Waals surface area contributed by atoms with Gasteiger partial charge in [0, 0.05) is 43.3 Å². The van der Waals surface area contributed by atoms with Gasteiger partial charge in [0.2, 0.25) is 0 Å². The SMILES string of the molecule is B[C@@H]1O[C@H](COC(=O)OCc2ccccc2)C(OP(=O)(O)OC)[C@@H]1C/C=C/CCCCNC(=O)C#CC#CC#CC#CC#CC#CC#CC#CC#CC#CC. The van der Waals surface area contributed by atoms with Gasteiger partial charge in [-0.05, 0) is 133 Å². The molecule has 0 radical (unpaired) electrons. The van der Waals surface area contributed by atoms with Gasteiger partial charge in [-0.3, -0.25) is 13.8 Å². The second kappa shape index (κ2) is 28.0. The molecule has 2 N–H and O–H groups in total. The number of hydrogen-bond donors (Lipinski definition) is 2. The standard InChI is InChI=1S/C43H35BNO9P/c1-3-4-5-6-7-8-9-10-11-12-13-14-15-16-17-18-19-22-28-33-40(46)45-34-29-23-20-21-27-32-38-41(54-55(48,49)50-2)39(53-42(38)44)36-52-43(47)51-35-37-30-25-24-26-31-37/h21,24-27,30-31,38-39,41-42H,20,23,29,32,34-36,44H2,1-2H3,(H,45,46)(H,48,49)/b27-21+/t38-,39+,41?,42+/m0/s1. The number of carbonyl (C=O) groups is 2. The van der Waals surface area contributed by atoms with Crippen LogP contribution in [0.2, 0.25) is 0 Å². The van der Waals surface area contributed by atoms with Gasteiger partial charge in [-0.25, -0.2) is 9.36 Å². The molecule has 12 heteroatoms. The van der Waals surface area contributed by atoms with Gasteiger partial charge in [0.05, 0.1) is 0 Å². The molecule has 10 nitrogen and oxygen atoms in total. The summed E-state index contributed by atoms with van der Waals surface area (Å²) in [6.07, 6.45) is 4.02. The third kappa shape index (κ3) is 21.5. The molecule has 1 aromatic carbocycles. The number of amides is 1. The number of unbranched alkanes of at least 4 members (excludes halogenated alkanes) is 2. The molecule has 1 aromatic rings. The third-order valence-corrected chi connectivity index (χ3v) is 7.82. The minimum absolute atomic E-state index is 0.0355. The third-order valence-electron chi connectivity index (χ3n) is 6.85. The fourth-order valence-corrected chi connectivity index (χ4v) is 5.05. The second-order valence-electron chi connectivity index (χ2n) is 10.7. The molecule has 0 bridgehead atoms. The van der Waals surface area contributed by atoms with Crippen molar-refractivity contribution in [3.8, 4) is 118 Å². The average Bonchev–Trinajstić information content (AvgIpc) is 3.47. The number of rotatable bonds is 14. The molecule has 2 unspecified atom stereocenters. The van der Waals surface area contributed by atoms with Crippen LogP contribution < -0.4 is 5.32 Å². The van der Waals surface area contributed by atoms with Crippen LogP contribution in [0.1, 0.15) is 38.2 Å². The molecule has 0 aromatic heterocycles. The molecule has 1 heterocycles. The molecule has 0 spiro atoms. The zero-order valence-corrected chi connectivity index (χ0v) is 31.4. The number of carbonyl (C=O) groups excluding carboxylic acids is 2. The number of benzene rings is 1. The molecule has 5 atom stereocenters. The van der Waals surface area contributed by atoms with Crippen molar-refractivity contribution in [2.75, 3.05) is 20.3 Å². The molecule has 0 saturated carbocycles. The maximum Gasteiger partial charge on any atom is 0.508 e. The molecule has 1 fully saturated rings. The lowest BCUT2D eigenvalue weighted by atomic mass is 9.82. The first-order valence-corrected chi connectivity index (χ1v) is 18.2. The van der Waals surface area contributed by atoms with Crippen LogP contribution in [0.15, 0.2) is 42.5 Å². The molecule has 1 saturated heterocycles. The van der Waals surface area contributed by atoms with E-state index in [0.29, 0.717) is 19.4 Å². The average molecular weight is 752 g/mol. The quantitative estimate of drug-likeness (QED) is 0.0737. The summed E-state index contributed by atoms with van der Waals surface area (Å²) in [6.45, 7) is 1.91. The molecule has 0 aliphatic carbocycles. The minimum atomic E-state index is -4.37. The highest BCUT2D eigenvalue weighted by molar-refractivity contribution is 7.47. The van der Waals surface area contributed by atoms with Crippen molar-refractivity contribution in [1.29, 1.82) is 0 Å². The highest BCUT2D eigenvalue weighted by atomic mass is 31.2. The number of phosphoric ester groups is 1. The Labute approximate surface area is 324 Å². The second-order valence-corrected chi connectivity index (χ2v) is 12.2. The molecule has 1 aliphatic heterocycles. The van der Waals surface area contributed by atoms with E-state index < -0.39 is 32.1 Å². The van der Waals surface area contributed by atoms with Crippen LogP contribution in [0.4, 0.5) is 4.79 Å². The van der Waals surface area contributed by atoms with Gasteiger partial charge in [0.1, 0.15) is 33.3 Å². The van der Waals surface area contributed by atoms with Gasteiger partial charge in [0.15, 0.2) is 0 Å². The zero-order valence-electron chi connectivity index (χ0n) is 30.5. The van der Waals surface area contributed by atoms with Crippen LogP contribution in [-0.2, 0) is 39.2 Å². The van der Waals surface area contributed by atoms with E-state index in [1.165, 1.54) is 0 Å². The summed E-state index contributed by atoms with van der Waals surface area (Å²) in [5.74, 6) is 49.2. The first-order valence-electron chi connectivity index (χ1n) is 16.7. The first kappa shape index (κ1) is 44.6. The number of hydrogen-bond acceptors (Lipinski definition) is 8. The van der Waals surface area contributed by atoms with Gasteiger partial charge in [0.25, 0.3) is 5.91 Å². The Morgan fingerprint density at radius 1 is 0.836 bits per heavy atom. The van der Waals surface area contributed by atoms with Crippen LogP contribution in [0.3, 0.4) is 0 Å². The predicted octanol–water partition coefficient (Wildman–Crippen LogP) is 2.73. The van der Waals surface area contributed by atoms with E-state index in [0.717, 1.165) is 25.5 Å². The maximum atomic E-state index is 12.3. The zero-order chi connectivity index (χ0) is 39.8. The lowest BCUT2D eigenvalue weighted by Crippen LogP contribution is -2.34. The van der Waals surface area contributed by atoms with Gasteiger partial charge >= 0.3 is 14.0 Å².